The molecule has 1 unspecified atom stereocenters. The van der Waals surface area contributed by atoms with Crippen LogP contribution >= 0.6 is 0 Å². The second kappa shape index (κ2) is 6.68. The first-order valence-corrected chi connectivity index (χ1v) is 9.56. The van der Waals surface area contributed by atoms with Gasteiger partial charge in [0.05, 0.1) is 12.6 Å². The van der Waals surface area contributed by atoms with Gasteiger partial charge in [0, 0.05) is 20.0 Å². The number of benzene rings is 1. The number of rotatable bonds is 2. The molecule has 3 aliphatic rings. The monoisotopic (exact) mass is 371 g/mol. The van der Waals surface area contributed by atoms with Crippen LogP contribution in [-0.2, 0) is 23.8 Å². The van der Waals surface area contributed by atoms with Gasteiger partial charge in [-0.2, -0.15) is 0 Å². The summed E-state index contributed by atoms with van der Waals surface area (Å²) in [6, 6.07) is 9.96. The molecule has 0 bridgehead atoms. The van der Waals surface area contributed by atoms with Crippen LogP contribution < -0.4 is 0 Å². The number of hydrogen-bond donors (Lipinski definition) is 0. The molecule has 1 aromatic carbocycles. The smallest absolute Gasteiger partial charge is 0.350 e. The Morgan fingerprint density at radius 2 is 1.63 bits per heavy atom. The van der Waals surface area contributed by atoms with Gasteiger partial charge >= 0.3 is 11.9 Å². The molecule has 1 aliphatic carbocycles. The summed E-state index contributed by atoms with van der Waals surface area (Å²) >= 11 is 0. The predicted molar refractivity (Wildman–Crippen MR) is 97.1 cm³/mol. The van der Waals surface area contributed by atoms with Crippen LogP contribution in [0.3, 0.4) is 0 Å². The van der Waals surface area contributed by atoms with Crippen molar-refractivity contribution in [2.45, 2.75) is 63.5 Å². The van der Waals surface area contributed by atoms with E-state index >= 15 is 0 Å². The van der Waals surface area contributed by atoms with Gasteiger partial charge in [0.15, 0.2) is 5.57 Å². The molecule has 0 N–H and O–H groups in total. The molecule has 1 aromatic rings. The van der Waals surface area contributed by atoms with E-state index in [1.54, 1.807) is 20.0 Å². The van der Waals surface area contributed by atoms with Crippen molar-refractivity contribution in [2.75, 3.05) is 6.61 Å². The number of nitrogens with zero attached hydrogens (tertiary/aromatic N) is 1. The van der Waals surface area contributed by atoms with E-state index in [2.05, 4.69) is 4.90 Å². The molecule has 6 heteroatoms. The van der Waals surface area contributed by atoms with Crippen molar-refractivity contribution >= 4 is 11.9 Å². The summed E-state index contributed by atoms with van der Waals surface area (Å²) in [5.41, 5.74) is 0.527. The van der Waals surface area contributed by atoms with E-state index in [4.69, 9.17) is 14.2 Å². The molecule has 1 atom stereocenters. The minimum Gasteiger partial charge on any atom is -0.419 e. The molecule has 6 nitrogen and oxygen atoms in total. The highest BCUT2D eigenvalue weighted by Crippen LogP contribution is 2.46. The standard InChI is InChI=1S/C21H25NO5/c1-20(2)26-18(23)16(19(24)27-20)13-22-17(15-9-5-3-6-10-15)14-25-21(22)11-7-4-8-12-21/h3,5-6,9-10,13,17H,4,7-8,11-12,14H2,1-2H3. The zero-order valence-corrected chi connectivity index (χ0v) is 15.8. The van der Waals surface area contributed by atoms with E-state index in [9.17, 15) is 9.59 Å². The highest BCUT2D eigenvalue weighted by Gasteiger charge is 2.49. The van der Waals surface area contributed by atoms with Crippen LogP contribution in [0.1, 0.15) is 57.6 Å². The minimum absolute atomic E-state index is 0.0627. The van der Waals surface area contributed by atoms with Crippen LogP contribution in [0.4, 0.5) is 0 Å². The zero-order valence-electron chi connectivity index (χ0n) is 15.8. The van der Waals surface area contributed by atoms with Gasteiger partial charge in [0.2, 0.25) is 0 Å². The summed E-state index contributed by atoms with van der Waals surface area (Å²) in [6.07, 6.45) is 6.64. The molecule has 0 radical (unpaired) electrons. The van der Waals surface area contributed by atoms with Crippen LogP contribution in [0.15, 0.2) is 42.1 Å². The van der Waals surface area contributed by atoms with Crippen LogP contribution in [0.25, 0.3) is 0 Å². The Morgan fingerprint density at radius 3 is 2.26 bits per heavy atom. The van der Waals surface area contributed by atoms with Crippen molar-refractivity contribution in [3.8, 4) is 0 Å². The Labute approximate surface area is 159 Å². The van der Waals surface area contributed by atoms with Gasteiger partial charge in [-0.15, -0.1) is 0 Å². The maximum Gasteiger partial charge on any atom is 0.350 e. The van der Waals surface area contributed by atoms with Gasteiger partial charge in [-0.1, -0.05) is 36.8 Å². The fourth-order valence-corrected chi connectivity index (χ4v) is 4.22. The molecule has 1 spiro atoms. The topological polar surface area (TPSA) is 65.1 Å². The van der Waals surface area contributed by atoms with E-state index < -0.39 is 23.5 Å². The summed E-state index contributed by atoms with van der Waals surface area (Å²) in [5.74, 6) is -2.55. The first-order valence-electron chi connectivity index (χ1n) is 9.56. The van der Waals surface area contributed by atoms with Crippen molar-refractivity contribution < 1.29 is 23.8 Å². The van der Waals surface area contributed by atoms with Gasteiger partial charge in [-0.3, -0.25) is 0 Å². The van der Waals surface area contributed by atoms with Crippen molar-refractivity contribution in [3.05, 3.63) is 47.7 Å². The third-order valence-electron chi connectivity index (χ3n) is 5.52. The van der Waals surface area contributed by atoms with Crippen molar-refractivity contribution in [1.29, 1.82) is 0 Å². The number of hydrogen-bond acceptors (Lipinski definition) is 6. The summed E-state index contributed by atoms with van der Waals surface area (Å²) in [6.45, 7) is 3.62. The molecule has 2 heterocycles. The number of ether oxygens (including phenoxy) is 3. The third kappa shape index (κ3) is 3.34. The highest BCUT2D eigenvalue weighted by atomic mass is 16.7. The molecule has 3 fully saturated rings. The molecular weight excluding hydrogens is 346 g/mol. The summed E-state index contributed by atoms with van der Waals surface area (Å²) in [4.78, 5) is 27.0. The van der Waals surface area contributed by atoms with E-state index in [0.29, 0.717) is 6.61 Å². The Bertz CT molecular complexity index is 742. The first kappa shape index (κ1) is 18.0. The molecule has 2 aliphatic heterocycles. The minimum atomic E-state index is -1.24. The van der Waals surface area contributed by atoms with Gasteiger partial charge < -0.3 is 19.1 Å². The fourth-order valence-electron chi connectivity index (χ4n) is 4.22. The fraction of sp³-hybridized carbons (Fsp3) is 0.524. The molecule has 27 heavy (non-hydrogen) atoms. The van der Waals surface area contributed by atoms with Gasteiger partial charge in [0.1, 0.15) is 5.72 Å². The third-order valence-corrected chi connectivity index (χ3v) is 5.52. The lowest BCUT2D eigenvalue weighted by molar-refractivity contribution is -0.222. The maximum absolute atomic E-state index is 12.5. The van der Waals surface area contributed by atoms with E-state index in [0.717, 1.165) is 31.2 Å². The molecular formula is C21H25NO5. The van der Waals surface area contributed by atoms with Crippen LogP contribution in [0.2, 0.25) is 0 Å². The van der Waals surface area contributed by atoms with Gasteiger partial charge in [0.25, 0.3) is 5.79 Å². The Kier molecular flexibility index (Phi) is 4.46. The number of esters is 2. The van der Waals surface area contributed by atoms with Crippen molar-refractivity contribution in [1.82, 2.24) is 4.90 Å². The zero-order chi connectivity index (χ0) is 19.1. The van der Waals surface area contributed by atoms with Crippen molar-refractivity contribution in [2.24, 2.45) is 0 Å². The molecule has 144 valence electrons. The number of cyclic esters (lactones) is 2. The summed E-state index contributed by atoms with van der Waals surface area (Å²) < 4.78 is 16.8. The lowest BCUT2D eigenvalue weighted by Crippen LogP contribution is -2.47. The van der Waals surface area contributed by atoms with E-state index in [1.807, 2.05) is 30.3 Å². The average molecular weight is 371 g/mol. The first-order chi connectivity index (χ1) is 12.9. The van der Waals surface area contributed by atoms with Crippen molar-refractivity contribution in [3.63, 3.8) is 0 Å². The molecule has 4 rings (SSSR count). The average Bonchev–Trinajstić information content (AvgIpc) is 2.96. The Hall–Kier alpha value is -2.34. The summed E-state index contributed by atoms with van der Waals surface area (Å²) in [7, 11) is 0. The van der Waals surface area contributed by atoms with E-state index in [-0.39, 0.29) is 11.6 Å². The highest BCUT2D eigenvalue weighted by molar-refractivity contribution is 6.15. The maximum atomic E-state index is 12.5. The normalized spacial score (nSPS) is 26.7. The number of carbonyl (C=O) groups is 2. The SMILES string of the molecule is CC1(C)OC(=O)C(=CN2C(c3ccccc3)COC23CCCCC3)C(=O)O1. The van der Waals surface area contributed by atoms with Crippen LogP contribution in [0.5, 0.6) is 0 Å². The van der Waals surface area contributed by atoms with Crippen LogP contribution in [0, 0.1) is 0 Å². The Balaban J connectivity index is 1.72. The van der Waals surface area contributed by atoms with Gasteiger partial charge in [-0.05, 0) is 31.2 Å². The lowest BCUT2D eigenvalue weighted by atomic mass is 9.89. The number of carbonyl (C=O) groups excluding carboxylic acids is 2. The predicted octanol–water partition coefficient (Wildman–Crippen LogP) is 3.44. The molecule has 0 aromatic heterocycles. The second-order valence-corrected chi connectivity index (χ2v) is 7.87. The van der Waals surface area contributed by atoms with E-state index in [1.165, 1.54) is 6.42 Å². The molecule has 1 saturated carbocycles. The second-order valence-electron chi connectivity index (χ2n) is 7.87. The molecule has 2 saturated heterocycles. The van der Waals surface area contributed by atoms with Crippen LogP contribution in [-0.4, -0.2) is 35.0 Å². The van der Waals surface area contributed by atoms with Gasteiger partial charge in [-0.25, -0.2) is 9.59 Å². The lowest BCUT2D eigenvalue weighted by Gasteiger charge is -2.42. The largest absolute Gasteiger partial charge is 0.419 e. The Morgan fingerprint density at radius 1 is 1.00 bits per heavy atom. The molecule has 0 amide bonds. The quantitative estimate of drug-likeness (QED) is 0.451. The summed E-state index contributed by atoms with van der Waals surface area (Å²) in [5, 5.41) is 0.